The molecular weight excluding hydrogens is 272 g/mol. The second-order valence-electron chi connectivity index (χ2n) is 6.07. The van der Waals surface area contributed by atoms with Crippen LogP contribution in [0.5, 0.6) is 0 Å². The molecule has 0 aromatic heterocycles. The summed E-state index contributed by atoms with van der Waals surface area (Å²) in [6.45, 7) is 4.04. The Balaban J connectivity index is 2.28. The van der Waals surface area contributed by atoms with Gasteiger partial charge in [-0.1, -0.05) is 26.2 Å². The molecule has 1 saturated carbocycles. The summed E-state index contributed by atoms with van der Waals surface area (Å²) >= 11 is 1.73. The molecule has 2 unspecified atom stereocenters. The summed E-state index contributed by atoms with van der Waals surface area (Å²) in [5, 5.41) is 3.07. The molecule has 1 spiro atoms. The Morgan fingerprint density at radius 2 is 2.00 bits per heavy atom. The van der Waals surface area contributed by atoms with Crippen LogP contribution in [0.2, 0.25) is 0 Å². The third kappa shape index (κ3) is 2.69. The number of amides is 2. The second kappa shape index (κ2) is 6.37. The normalized spacial score (nSPS) is 27.6. The van der Waals surface area contributed by atoms with Crippen molar-refractivity contribution >= 4 is 23.6 Å². The van der Waals surface area contributed by atoms with Crippen molar-refractivity contribution in [2.24, 2.45) is 0 Å². The molecule has 0 aromatic rings. The number of nitrogens with zero attached hydrogens (tertiary/aromatic N) is 1. The van der Waals surface area contributed by atoms with Crippen LogP contribution in [0.4, 0.5) is 0 Å². The van der Waals surface area contributed by atoms with E-state index in [-0.39, 0.29) is 23.9 Å². The Labute approximate surface area is 126 Å². The van der Waals surface area contributed by atoms with E-state index in [0.29, 0.717) is 6.42 Å². The predicted octanol–water partition coefficient (Wildman–Crippen LogP) is 2.18. The molecule has 1 heterocycles. The fraction of sp³-hybridized carbons (Fsp3) is 0.867. The lowest BCUT2D eigenvalue weighted by molar-refractivity contribution is -0.158. The summed E-state index contributed by atoms with van der Waals surface area (Å²) in [6, 6.07) is -0.176. The second-order valence-corrected chi connectivity index (χ2v) is 6.98. The van der Waals surface area contributed by atoms with E-state index in [1.165, 1.54) is 6.42 Å². The van der Waals surface area contributed by atoms with E-state index < -0.39 is 5.54 Å². The quantitative estimate of drug-likeness (QED) is 0.865. The Bertz CT molecular complexity index is 380. The Hall–Kier alpha value is -0.710. The molecule has 0 aromatic carbocycles. The fourth-order valence-electron chi connectivity index (χ4n) is 3.59. The molecule has 1 N–H and O–H groups in total. The van der Waals surface area contributed by atoms with Crippen molar-refractivity contribution in [3.63, 3.8) is 0 Å². The number of rotatable bonds is 4. The average Bonchev–Trinajstić information content (AvgIpc) is 2.43. The number of nitrogens with one attached hydrogen (secondary N) is 1. The number of hydrogen-bond donors (Lipinski definition) is 1. The SMILES string of the molecule is CCC1C(=O)NC2(CCCCC2)C(=O)N1C(C)CSC. The standard InChI is InChI=1S/C15H26N2O2S/c1-4-12-13(18)16-15(8-6-5-7-9-15)14(19)17(12)11(2)10-20-3/h11-12H,4-10H2,1-3H3,(H,16,18). The first-order chi connectivity index (χ1) is 9.55. The van der Waals surface area contributed by atoms with Crippen LogP contribution in [0.3, 0.4) is 0 Å². The number of thioether (sulfide) groups is 1. The lowest BCUT2D eigenvalue weighted by Crippen LogP contribution is -2.72. The number of hydrogen-bond acceptors (Lipinski definition) is 3. The predicted molar refractivity (Wildman–Crippen MR) is 82.7 cm³/mol. The van der Waals surface area contributed by atoms with Crippen LogP contribution < -0.4 is 5.32 Å². The van der Waals surface area contributed by atoms with Gasteiger partial charge in [0.1, 0.15) is 11.6 Å². The van der Waals surface area contributed by atoms with Gasteiger partial charge in [-0.3, -0.25) is 9.59 Å². The van der Waals surface area contributed by atoms with E-state index in [2.05, 4.69) is 12.2 Å². The van der Waals surface area contributed by atoms with E-state index in [4.69, 9.17) is 0 Å². The number of carbonyl (C=O) groups excluding carboxylic acids is 2. The van der Waals surface area contributed by atoms with Crippen molar-refractivity contribution < 1.29 is 9.59 Å². The van der Waals surface area contributed by atoms with Crippen LogP contribution in [-0.4, -0.2) is 46.3 Å². The summed E-state index contributed by atoms with van der Waals surface area (Å²) in [5.74, 6) is 1.08. The maximum atomic E-state index is 13.0. The molecule has 2 atom stereocenters. The monoisotopic (exact) mass is 298 g/mol. The summed E-state index contributed by atoms with van der Waals surface area (Å²) in [5.41, 5.74) is -0.604. The smallest absolute Gasteiger partial charge is 0.249 e. The molecule has 4 nitrogen and oxygen atoms in total. The summed E-state index contributed by atoms with van der Waals surface area (Å²) in [6.07, 6.45) is 7.57. The van der Waals surface area contributed by atoms with E-state index in [0.717, 1.165) is 31.4 Å². The molecule has 5 heteroatoms. The lowest BCUT2D eigenvalue weighted by atomic mass is 9.78. The van der Waals surface area contributed by atoms with Gasteiger partial charge in [-0.2, -0.15) is 11.8 Å². The van der Waals surface area contributed by atoms with Crippen molar-refractivity contribution in [2.75, 3.05) is 12.0 Å². The van der Waals surface area contributed by atoms with E-state index in [1.54, 1.807) is 11.8 Å². The molecular formula is C15H26N2O2S. The fourth-order valence-corrected chi connectivity index (χ4v) is 4.24. The molecule has 1 aliphatic carbocycles. The zero-order valence-corrected chi connectivity index (χ0v) is 13.6. The molecule has 0 bridgehead atoms. The first kappa shape index (κ1) is 15.7. The van der Waals surface area contributed by atoms with Gasteiger partial charge in [0.2, 0.25) is 11.8 Å². The molecule has 0 radical (unpaired) electrons. The van der Waals surface area contributed by atoms with E-state index in [1.807, 2.05) is 18.1 Å². The minimum atomic E-state index is -0.604. The van der Waals surface area contributed by atoms with Gasteiger partial charge in [0, 0.05) is 11.8 Å². The zero-order valence-electron chi connectivity index (χ0n) is 12.8. The molecule has 2 fully saturated rings. The zero-order chi connectivity index (χ0) is 14.8. The Morgan fingerprint density at radius 1 is 1.35 bits per heavy atom. The van der Waals surface area contributed by atoms with E-state index >= 15 is 0 Å². The molecule has 1 aliphatic heterocycles. The average molecular weight is 298 g/mol. The van der Waals surface area contributed by atoms with Crippen molar-refractivity contribution in [1.29, 1.82) is 0 Å². The van der Waals surface area contributed by atoms with Crippen LogP contribution in [0.25, 0.3) is 0 Å². The molecule has 1 saturated heterocycles. The topological polar surface area (TPSA) is 49.4 Å². The van der Waals surface area contributed by atoms with E-state index in [9.17, 15) is 9.59 Å². The summed E-state index contributed by atoms with van der Waals surface area (Å²) in [4.78, 5) is 27.4. The van der Waals surface area contributed by atoms with Crippen molar-refractivity contribution in [3.8, 4) is 0 Å². The highest BCUT2D eigenvalue weighted by molar-refractivity contribution is 7.98. The first-order valence-corrected chi connectivity index (χ1v) is 9.09. The van der Waals surface area contributed by atoms with Crippen LogP contribution in [0, 0.1) is 0 Å². The van der Waals surface area contributed by atoms with Crippen LogP contribution in [-0.2, 0) is 9.59 Å². The molecule has 20 heavy (non-hydrogen) atoms. The van der Waals surface area contributed by atoms with Gasteiger partial charge in [-0.15, -0.1) is 0 Å². The molecule has 2 rings (SSSR count). The van der Waals surface area contributed by atoms with Gasteiger partial charge in [0.15, 0.2) is 0 Å². The van der Waals surface area contributed by atoms with Crippen molar-refractivity contribution in [1.82, 2.24) is 10.2 Å². The minimum Gasteiger partial charge on any atom is -0.340 e. The van der Waals surface area contributed by atoms with Gasteiger partial charge in [0.25, 0.3) is 0 Å². The summed E-state index contributed by atoms with van der Waals surface area (Å²) < 4.78 is 0. The Morgan fingerprint density at radius 3 is 2.55 bits per heavy atom. The molecule has 2 amide bonds. The maximum absolute atomic E-state index is 13.0. The Kier molecular flexibility index (Phi) is 4.99. The van der Waals surface area contributed by atoms with Crippen LogP contribution >= 0.6 is 11.8 Å². The van der Waals surface area contributed by atoms with Gasteiger partial charge >= 0.3 is 0 Å². The first-order valence-electron chi connectivity index (χ1n) is 7.69. The molecule has 114 valence electrons. The molecule has 2 aliphatic rings. The van der Waals surface area contributed by atoms with Gasteiger partial charge in [-0.05, 0) is 32.4 Å². The third-order valence-corrected chi connectivity index (χ3v) is 5.44. The largest absolute Gasteiger partial charge is 0.340 e. The highest BCUT2D eigenvalue weighted by atomic mass is 32.2. The van der Waals surface area contributed by atoms with Gasteiger partial charge in [-0.25, -0.2) is 0 Å². The highest BCUT2D eigenvalue weighted by Crippen LogP contribution is 2.34. The third-order valence-electron chi connectivity index (χ3n) is 4.62. The minimum absolute atomic E-state index is 0.0435. The lowest BCUT2D eigenvalue weighted by Gasteiger charge is -2.49. The van der Waals surface area contributed by atoms with Crippen molar-refractivity contribution in [3.05, 3.63) is 0 Å². The van der Waals surface area contributed by atoms with Crippen molar-refractivity contribution in [2.45, 2.75) is 70.0 Å². The van der Waals surface area contributed by atoms with Gasteiger partial charge in [0.05, 0.1) is 0 Å². The number of carbonyl (C=O) groups is 2. The number of piperazine rings is 1. The van der Waals surface area contributed by atoms with Crippen LogP contribution in [0.1, 0.15) is 52.4 Å². The summed E-state index contributed by atoms with van der Waals surface area (Å²) in [7, 11) is 0. The van der Waals surface area contributed by atoms with Gasteiger partial charge < -0.3 is 10.2 Å². The highest BCUT2D eigenvalue weighted by Gasteiger charge is 2.51. The van der Waals surface area contributed by atoms with Crippen LogP contribution in [0.15, 0.2) is 0 Å². The maximum Gasteiger partial charge on any atom is 0.249 e.